The van der Waals surface area contributed by atoms with Crippen molar-refractivity contribution in [3.8, 4) is 5.75 Å². The zero-order chi connectivity index (χ0) is 18.3. The summed E-state index contributed by atoms with van der Waals surface area (Å²) in [6, 6.07) is 13.1. The zero-order valence-corrected chi connectivity index (χ0v) is 15.6. The maximum atomic E-state index is 12.6. The van der Waals surface area contributed by atoms with E-state index in [9.17, 15) is 9.59 Å². The summed E-state index contributed by atoms with van der Waals surface area (Å²) in [4.78, 5) is 26.3. The van der Waals surface area contributed by atoms with E-state index in [4.69, 9.17) is 4.74 Å². The quantitative estimate of drug-likeness (QED) is 0.716. The second-order valence-corrected chi connectivity index (χ2v) is 7.01. The zero-order valence-electron chi connectivity index (χ0n) is 14.0. The summed E-state index contributed by atoms with van der Waals surface area (Å²) in [7, 11) is 1.95. The first kappa shape index (κ1) is 16.7. The van der Waals surface area contributed by atoms with Gasteiger partial charge in [-0.1, -0.05) is 22.0 Å². The van der Waals surface area contributed by atoms with E-state index < -0.39 is 0 Å². The van der Waals surface area contributed by atoms with Gasteiger partial charge in [-0.15, -0.1) is 0 Å². The molecule has 0 saturated carbocycles. The van der Waals surface area contributed by atoms with E-state index in [2.05, 4.69) is 21.2 Å². The molecule has 4 rings (SSSR count). The van der Waals surface area contributed by atoms with Crippen LogP contribution < -0.4 is 15.0 Å². The molecule has 132 valence electrons. The molecular weight excluding hydrogens is 398 g/mol. The monoisotopic (exact) mass is 413 g/mol. The van der Waals surface area contributed by atoms with E-state index >= 15 is 0 Å². The second kappa shape index (κ2) is 6.49. The molecule has 1 aromatic heterocycles. The maximum absolute atomic E-state index is 12.6. The van der Waals surface area contributed by atoms with Crippen LogP contribution in [0, 0.1) is 0 Å². The number of carbonyl (C=O) groups is 2. The van der Waals surface area contributed by atoms with Gasteiger partial charge in [0.15, 0.2) is 6.61 Å². The van der Waals surface area contributed by atoms with Crippen molar-refractivity contribution in [2.24, 2.45) is 7.05 Å². The lowest BCUT2D eigenvalue weighted by Crippen LogP contribution is -2.43. The van der Waals surface area contributed by atoms with Gasteiger partial charge in [-0.05, 0) is 36.4 Å². The first-order valence-corrected chi connectivity index (χ1v) is 8.89. The van der Waals surface area contributed by atoms with E-state index in [1.165, 1.54) is 4.90 Å². The molecule has 2 aromatic carbocycles. The fourth-order valence-electron chi connectivity index (χ4n) is 3.10. The molecule has 2 heterocycles. The Labute approximate surface area is 158 Å². The second-order valence-electron chi connectivity index (χ2n) is 6.09. The van der Waals surface area contributed by atoms with E-state index in [0.717, 1.165) is 21.1 Å². The number of anilines is 2. The summed E-state index contributed by atoms with van der Waals surface area (Å²) in [5.74, 6) is 0.0790. The number of ether oxygens (including phenoxy) is 1. The van der Waals surface area contributed by atoms with Gasteiger partial charge in [0, 0.05) is 28.6 Å². The van der Waals surface area contributed by atoms with E-state index in [-0.39, 0.29) is 25.0 Å². The van der Waals surface area contributed by atoms with Crippen LogP contribution in [0.5, 0.6) is 5.75 Å². The van der Waals surface area contributed by atoms with Crippen LogP contribution in [0.1, 0.15) is 0 Å². The third kappa shape index (κ3) is 2.94. The first-order valence-electron chi connectivity index (χ1n) is 8.09. The number of fused-ring (bicyclic) bond motifs is 2. The predicted molar refractivity (Wildman–Crippen MR) is 104 cm³/mol. The minimum atomic E-state index is -0.259. The van der Waals surface area contributed by atoms with Crippen LogP contribution in [-0.4, -0.2) is 29.5 Å². The van der Waals surface area contributed by atoms with Crippen LogP contribution >= 0.6 is 15.9 Å². The summed E-state index contributed by atoms with van der Waals surface area (Å²) in [5, 5.41) is 3.87. The largest absolute Gasteiger partial charge is 0.482 e. The molecule has 0 saturated heterocycles. The number of halogens is 1. The third-order valence-electron chi connectivity index (χ3n) is 4.37. The van der Waals surface area contributed by atoms with Gasteiger partial charge in [-0.3, -0.25) is 14.5 Å². The van der Waals surface area contributed by atoms with Gasteiger partial charge >= 0.3 is 0 Å². The molecule has 1 aliphatic heterocycles. The number of aryl methyl sites for hydroxylation is 1. The van der Waals surface area contributed by atoms with Crippen molar-refractivity contribution in [3.05, 3.63) is 53.1 Å². The Kier molecular flexibility index (Phi) is 4.16. The van der Waals surface area contributed by atoms with Gasteiger partial charge in [0.2, 0.25) is 5.91 Å². The molecular formula is C19H16BrN3O3. The van der Waals surface area contributed by atoms with Crippen LogP contribution in [-0.2, 0) is 16.6 Å². The van der Waals surface area contributed by atoms with Crippen molar-refractivity contribution in [1.29, 1.82) is 0 Å². The molecule has 0 bridgehead atoms. The van der Waals surface area contributed by atoms with Crippen LogP contribution in [0.2, 0.25) is 0 Å². The third-order valence-corrected chi connectivity index (χ3v) is 4.86. The number of rotatable bonds is 3. The number of nitrogens with one attached hydrogen (secondary N) is 1. The van der Waals surface area contributed by atoms with Gasteiger partial charge in [0.1, 0.15) is 12.3 Å². The lowest BCUT2D eigenvalue weighted by molar-refractivity contribution is -0.123. The summed E-state index contributed by atoms with van der Waals surface area (Å²) in [5.41, 5.74) is 2.35. The molecule has 1 N–H and O–H groups in total. The Morgan fingerprint density at radius 2 is 2.12 bits per heavy atom. The number of hydrogen-bond acceptors (Lipinski definition) is 3. The van der Waals surface area contributed by atoms with E-state index in [1.807, 2.05) is 48.1 Å². The molecule has 26 heavy (non-hydrogen) atoms. The van der Waals surface area contributed by atoms with Gasteiger partial charge in [-0.2, -0.15) is 0 Å². The lowest BCUT2D eigenvalue weighted by Gasteiger charge is -2.29. The molecule has 3 aromatic rings. The summed E-state index contributed by atoms with van der Waals surface area (Å²) in [6.45, 7) is -0.148. The van der Waals surface area contributed by atoms with Crippen molar-refractivity contribution in [2.45, 2.75) is 0 Å². The minimum Gasteiger partial charge on any atom is -0.482 e. The molecule has 0 spiro atoms. The number of hydrogen-bond donors (Lipinski definition) is 1. The number of carbonyl (C=O) groups excluding carboxylic acids is 2. The standard InChI is InChI=1S/C19H16BrN3O3/c1-22-8-7-13-14(3-2-4-15(13)22)21-18(24)10-23-16-6-5-12(20)9-17(16)26-11-19(23)25/h2-9H,10-11H2,1H3,(H,21,24). The van der Waals surface area contributed by atoms with Crippen LogP contribution in [0.15, 0.2) is 53.1 Å². The Morgan fingerprint density at radius 1 is 1.27 bits per heavy atom. The summed E-state index contributed by atoms with van der Waals surface area (Å²) >= 11 is 3.38. The fraction of sp³-hybridized carbons (Fsp3) is 0.158. The molecule has 0 aliphatic carbocycles. The number of benzene rings is 2. The van der Waals surface area contributed by atoms with Crippen molar-refractivity contribution in [3.63, 3.8) is 0 Å². The van der Waals surface area contributed by atoms with E-state index in [1.54, 1.807) is 12.1 Å². The summed E-state index contributed by atoms with van der Waals surface area (Å²) in [6.07, 6.45) is 1.94. The Morgan fingerprint density at radius 3 is 2.96 bits per heavy atom. The highest BCUT2D eigenvalue weighted by Crippen LogP contribution is 2.34. The van der Waals surface area contributed by atoms with Crippen LogP contribution in [0.4, 0.5) is 11.4 Å². The maximum Gasteiger partial charge on any atom is 0.265 e. The SMILES string of the molecule is Cn1ccc2c(NC(=O)CN3C(=O)COc4cc(Br)ccc43)cccc21. The molecule has 1 aliphatic rings. The highest BCUT2D eigenvalue weighted by molar-refractivity contribution is 9.10. The fourth-order valence-corrected chi connectivity index (χ4v) is 3.44. The van der Waals surface area contributed by atoms with Crippen molar-refractivity contribution >= 4 is 50.0 Å². The van der Waals surface area contributed by atoms with E-state index in [0.29, 0.717) is 11.4 Å². The molecule has 0 atom stereocenters. The highest BCUT2D eigenvalue weighted by atomic mass is 79.9. The number of nitrogens with zero attached hydrogens (tertiary/aromatic N) is 2. The molecule has 0 fully saturated rings. The highest BCUT2D eigenvalue weighted by Gasteiger charge is 2.27. The van der Waals surface area contributed by atoms with Crippen molar-refractivity contribution in [2.75, 3.05) is 23.4 Å². The van der Waals surface area contributed by atoms with Crippen LogP contribution in [0.3, 0.4) is 0 Å². The Hall–Kier alpha value is -2.80. The topological polar surface area (TPSA) is 63.6 Å². The molecule has 0 unspecified atom stereocenters. The van der Waals surface area contributed by atoms with Gasteiger partial charge in [0.05, 0.1) is 11.4 Å². The average molecular weight is 414 g/mol. The van der Waals surface area contributed by atoms with Crippen molar-refractivity contribution < 1.29 is 14.3 Å². The first-order chi connectivity index (χ1) is 12.5. The molecule has 6 nitrogen and oxygen atoms in total. The van der Waals surface area contributed by atoms with Gasteiger partial charge in [-0.25, -0.2) is 0 Å². The molecule has 2 amide bonds. The molecule has 0 radical (unpaired) electrons. The average Bonchev–Trinajstić information content (AvgIpc) is 3.00. The van der Waals surface area contributed by atoms with Gasteiger partial charge in [0.25, 0.3) is 5.91 Å². The minimum absolute atomic E-state index is 0.0694. The van der Waals surface area contributed by atoms with Crippen molar-refractivity contribution in [1.82, 2.24) is 4.57 Å². The number of aromatic nitrogens is 1. The Bertz CT molecular complexity index is 1030. The lowest BCUT2D eigenvalue weighted by atomic mass is 10.2. The van der Waals surface area contributed by atoms with Gasteiger partial charge < -0.3 is 14.6 Å². The molecule has 7 heteroatoms. The smallest absolute Gasteiger partial charge is 0.265 e. The van der Waals surface area contributed by atoms with Crippen LogP contribution in [0.25, 0.3) is 10.9 Å². The normalized spacial score (nSPS) is 13.5. The predicted octanol–water partition coefficient (Wildman–Crippen LogP) is 3.30. The Balaban J connectivity index is 1.57. The summed E-state index contributed by atoms with van der Waals surface area (Å²) < 4.78 is 8.29. The number of amides is 2.